The number of benzene rings is 2. The van der Waals surface area contributed by atoms with Crippen LogP contribution in [0.25, 0.3) is 0 Å². The molecule has 0 aromatic heterocycles. The summed E-state index contributed by atoms with van der Waals surface area (Å²) in [5, 5.41) is 0.726. The lowest BCUT2D eigenvalue weighted by atomic mass is 10.1. The predicted molar refractivity (Wildman–Crippen MR) is 84.7 cm³/mol. The Labute approximate surface area is 129 Å². The maximum absolute atomic E-state index is 11.7. The van der Waals surface area contributed by atoms with Gasteiger partial charge in [0.2, 0.25) is 0 Å². The van der Waals surface area contributed by atoms with E-state index in [9.17, 15) is 4.79 Å². The third-order valence-electron chi connectivity index (χ3n) is 3.17. The first-order chi connectivity index (χ1) is 10.1. The summed E-state index contributed by atoms with van der Waals surface area (Å²) in [7, 11) is 2.00. The van der Waals surface area contributed by atoms with Crippen molar-refractivity contribution in [2.45, 2.75) is 13.1 Å². The molecule has 1 amide bonds. The molecule has 4 nitrogen and oxygen atoms in total. The van der Waals surface area contributed by atoms with Crippen molar-refractivity contribution < 1.29 is 4.79 Å². The Kier molecular flexibility index (Phi) is 5.33. The lowest BCUT2D eigenvalue weighted by molar-refractivity contribution is 0.0952. The molecule has 0 unspecified atom stereocenters. The van der Waals surface area contributed by atoms with E-state index in [1.807, 2.05) is 49.5 Å². The molecule has 0 aliphatic carbocycles. The van der Waals surface area contributed by atoms with Gasteiger partial charge in [-0.3, -0.25) is 15.1 Å². The minimum Gasteiger partial charge on any atom is -0.298 e. The van der Waals surface area contributed by atoms with E-state index in [1.165, 1.54) is 0 Å². The van der Waals surface area contributed by atoms with Gasteiger partial charge in [-0.15, -0.1) is 0 Å². The van der Waals surface area contributed by atoms with E-state index in [-0.39, 0.29) is 5.91 Å². The molecule has 0 aliphatic rings. The molecule has 0 fully saturated rings. The number of rotatable bonds is 5. The Hall–Kier alpha value is -1.88. The van der Waals surface area contributed by atoms with Gasteiger partial charge in [-0.05, 0) is 36.4 Å². The van der Waals surface area contributed by atoms with Crippen LogP contribution in [0.3, 0.4) is 0 Å². The Morgan fingerprint density at radius 3 is 2.67 bits per heavy atom. The Bertz CT molecular complexity index is 630. The van der Waals surface area contributed by atoms with Crippen molar-refractivity contribution in [1.29, 1.82) is 0 Å². The molecule has 0 heterocycles. The van der Waals surface area contributed by atoms with Gasteiger partial charge in [-0.1, -0.05) is 41.9 Å². The number of carbonyl (C=O) groups excluding carboxylic acids is 1. The van der Waals surface area contributed by atoms with Crippen LogP contribution < -0.4 is 11.3 Å². The number of nitrogens with two attached hydrogens (primary N) is 1. The summed E-state index contributed by atoms with van der Waals surface area (Å²) in [5.74, 6) is 4.94. The lowest BCUT2D eigenvalue weighted by Crippen LogP contribution is -2.31. The Morgan fingerprint density at radius 1 is 1.19 bits per heavy atom. The fourth-order valence-electron chi connectivity index (χ4n) is 2.25. The zero-order valence-corrected chi connectivity index (χ0v) is 12.6. The Morgan fingerprint density at radius 2 is 1.95 bits per heavy atom. The number of halogens is 1. The second-order valence-corrected chi connectivity index (χ2v) is 5.37. The van der Waals surface area contributed by atoms with Gasteiger partial charge in [0.05, 0.1) is 0 Å². The van der Waals surface area contributed by atoms with Crippen LogP contribution in [-0.2, 0) is 13.1 Å². The van der Waals surface area contributed by atoms with Crippen molar-refractivity contribution in [2.75, 3.05) is 7.05 Å². The fraction of sp³-hybridized carbons (Fsp3) is 0.188. The molecule has 2 rings (SSSR count). The SMILES string of the molecule is CN(Cc1cccc(Cl)c1)Cc1ccccc1C(=O)NN. The quantitative estimate of drug-likeness (QED) is 0.507. The van der Waals surface area contributed by atoms with Crippen molar-refractivity contribution in [1.82, 2.24) is 10.3 Å². The summed E-state index contributed by atoms with van der Waals surface area (Å²) in [4.78, 5) is 13.9. The summed E-state index contributed by atoms with van der Waals surface area (Å²) >= 11 is 5.99. The maximum Gasteiger partial charge on any atom is 0.265 e. The van der Waals surface area contributed by atoms with E-state index in [4.69, 9.17) is 17.4 Å². The number of amides is 1. The van der Waals surface area contributed by atoms with E-state index in [1.54, 1.807) is 6.07 Å². The molecule has 2 aromatic carbocycles. The van der Waals surface area contributed by atoms with E-state index >= 15 is 0 Å². The number of carbonyl (C=O) groups is 1. The second-order valence-electron chi connectivity index (χ2n) is 4.93. The largest absolute Gasteiger partial charge is 0.298 e. The number of nitrogens with zero attached hydrogens (tertiary/aromatic N) is 1. The average Bonchev–Trinajstić information content (AvgIpc) is 2.47. The summed E-state index contributed by atoms with van der Waals surface area (Å²) < 4.78 is 0. The van der Waals surface area contributed by atoms with Crippen LogP contribution in [0.5, 0.6) is 0 Å². The molecule has 3 N–H and O–H groups in total. The normalized spacial score (nSPS) is 10.7. The van der Waals surface area contributed by atoms with Crippen LogP contribution in [0.15, 0.2) is 48.5 Å². The number of hydrogen-bond acceptors (Lipinski definition) is 3. The number of nitrogen functional groups attached to an aromatic ring is 1. The van der Waals surface area contributed by atoms with Gasteiger partial charge in [0.25, 0.3) is 5.91 Å². The average molecular weight is 304 g/mol. The minimum absolute atomic E-state index is 0.276. The molecule has 5 heteroatoms. The van der Waals surface area contributed by atoms with E-state index < -0.39 is 0 Å². The summed E-state index contributed by atoms with van der Waals surface area (Å²) in [6, 6.07) is 15.2. The molecule has 0 atom stereocenters. The highest BCUT2D eigenvalue weighted by atomic mass is 35.5. The summed E-state index contributed by atoms with van der Waals surface area (Å²) in [6.07, 6.45) is 0. The summed E-state index contributed by atoms with van der Waals surface area (Å²) in [6.45, 7) is 1.40. The van der Waals surface area contributed by atoms with Crippen molar-refractivity contribution in [3.63, 3.8) is 0 Å². The van der Waals surface area contributed by atoms with Crippen LogP contribution in [0, 0.1) is 0 Å². The molecule has 0 saturated heterocycles. The van der Waals surface area contributed by atoms with Gasteiger partial charge < -0.3 is 0 Å². The van der Waals surface area contributed by atoms with Gasteiger partial charge in [0, 0.05) is 23.7 Å². The van der Waals surface area contributed by atoms with Crippen LogP contribution in [0.4, 0.5) is 0 Å². The molecule has 0 radical (unpaired) electrons. The lowest BCUT2D eigenvalue weighted by Gasteiger charge is -2.18. The molecule has 0 aliphatic heterocycles. The van der Waals surface area contributed by atoms with E-state index in [2.05, 4.69) is 10.3 Å². The van der Waals surface area contributed by atoms with Gasteiger partial charge in [-0.2, -0.15) is 0 Å². The first-order valence-electron chi connectivity index (χ1n) is 6.62. The third kappa shape index (κ3) is 4.29. The Balaban J connectivity index is 2.09. The van der Waals surface area contributed by atoms with Gasteiger partial charge in [-0.25, -0.2) is 5.84 Å². The number of hydrazine groups is 1. The molecule has 0 saturated carbocycles. The van der Waals surface area contributed by atoms with Gasteiger partial charge >= 0.3 is 0 Å². The second kappa shape index (κ2) is 7.22. The topological polar surface area (TPSA) is 58.4 Å². The van der Waals surface area contributed by atoms with Gasteiger partial charge in [0.15, 0.2) is 0 Å². The van der Waals surface area contributed by atoms with Crippen LogP contribution in [0.2, 0.25) is 5.02 Å². The van der Waals surface area contributed by atoms with E-state index in [0.717, 1.165) is 22.7 Å². The molecule has 21 heavy (non-hydrogen) atoms. The molecule has 110 valence electrons. The zero-order valence-electron chi connectivity index (χ0n) is 11.8. The monoisotopic (exact) mass is 303 g/mol. The van der Waals surface area contributed by atoms with Crippen molar-refractivity contribution >= 4 is 17.5 Å². The van der Waals surface area contributed by atoms with Crippen molar-refractivity contribution in [3.8, 4) is 0 Å². The van der Waals surface area contributed by atoms with Crippen molar-refractivity contribution in [2.24, 2.45) is 5.84 Å². The maximum atomic E-state index is 11.7. The van der Waals surface area contributed by atoms with Crippen molar-refractivity contribution in [3.05, 3.63) is 70.2 Å². The zero-order chi connectivity index (χ0) is 15.2. The number of hydrogen-bond donors (Lipinski definition) is 2. The summed E-state index contributed by atoms with van der Waals surface area (Å²) in [5.41, 5.74) is 4.84. The van der Waals surface area contributed by atoms with Crippen LogP contribution in [0.1, 0.15) is 21.5 Å². The molecular formula is C16H18ClN3O. The molecule has 0 bridgehead atoms. The first kappa shape index (κ1) is 15.5. The van der Waals surface area contributed by atoms with E-state index in [0.29, 0.717) is 12.1 Å². The van der Waals surface area contributed by atoms with Gasteiger partial charge in [0.1, 0.15) is 0 Å². The third-order valence-corrected chi connectivity index (χ3v) is 3.41. The highest BCUT2D eigenvalue weighted by Gasteiger charge is 2.11. The smallest absolute Gasteiger partial charge is 0.265 e. The molecular weight excluding hydrogens is 286 g/mol. The highest BCUT2D eigenvalue weighted by molar-refractivity contribution is 6.30. The standard InChI is InChI=1S/C16H18ClN3O/c1-20(10-12-5-4-7-14(17)9-12)11-13-6-2-3-8-15(13)16(21)19-18/h2-9H,10-11,18H2,1H3,(H,19,21). The number of nitrogens with one attached hydrogen (secondary N) is 1. The predicted octanol–water partition coefficient (Wildman–Crippen LogP) is 2.58. The highest BCUT2D eigenvalue weighted by Crippen LogP contribution is 2.15. The first-order valence-corrected chi connectivity index (χ1v) is 7.00. The molecule has 0 spiro atoms. The minimum atomic E-state index is -0.276. The fourth-order valence-corrected chi connectivity index (χ4v) is 2.46. The molecule has 2 aromatic rings. The van der Waals surface area contributed by atoms with Crippen LogP contribution >= 0.6 is 11.6 Å². The van der Waals surface area contributed by atoms with Crippen LogP contribution in [-0.4, -0.2) is 17.9 Å².